The highest BCUT2D eigenvalue weighted by Crippen LogP contribution is 2.32. The molecule has 5 aromatic rings. The molecule has 1 atom stereocenters. The number of carbonyl (C=O) groups is 1. The second kappa shape index (κ2) is 14.4. The smallest absolute Gasteiger partial charge is 0.324 e. The Balaban J connectivity index is 1.09. The average molecular weight is 633 g/mol. The molecule has 0 aliphatic carbocycles. The molecule has 1 aliphatic rings. The van der Waals surface area contributed by atoms with Crippen molar-refractivity contribution in [3.05, 3.63) is 108 Å². The zero-order valence-electron chi connectivity index (χ0n) is 27.7. The van der Waals surface area contributed by atoms with Crippen molar-refractivity contribution >= 4 is 28.3 Å². The minimum atomic E-state index is -0.361. The Kier molecular flexibility index (Phi) is 9.84. The van der Waals surface area contributed by atoms with Gasteiger partial charge in [-0.25, -0.2) is 9.48 Å². The van der Waals surface area contributed by atoms with Crippen molar-refractivity contribution in [3.8, 4) is 11.4 Å². The highest BCUT2D eigenvalue weighted by molar-refractivity contribution is 6.07. The minimum absolute atomic E-state index is 0.200. The quantitative estimate of drug-likeness (QED) is 0.167. The molecule has 6 rings (SSSR count). The van der Waals surface area contributed by atoms with E-state index in [9.17, 15) is 4.79 Å². The summed E-state index contributed by atoms with van der Waals surface area (Å²) in [6, 6.07) is 27.8. The number of carbonyl (C=O) groups excluding carboxylic acids is 1. The molecule has 0 saturated carbocycles. The van der Waals surface area contributed by atoms with Gasteiger partial charge in [0.05, 0.1) is 36.0 Å². The zero-order chi connectivity index (χ0) is 32.8. The zero-order valence-corrected chi connectivity index (χ0v) is 27.7. The monoisotopic (exact) mass is 632 g/mol. The van der Waals surface area contributed by atoms with Gasteiger partial charge in [0.2, 0.25) is 0 Å². The van der Waals surface area contributed by atoms with E-state index in [4.69, 9.17) is 14.6 Å². The van der Waals surface area contributed by atoms with Crippen molar-refractivity contribution in [2.75, 3.05) is 43.5 Å². The van der Waals surface area contributed by atoms with Crippen molar-refractivity contribution in [3.63, 3.8) is 0 Å². The van der Waals surface area contributed by atoms with E-state index in [0.29, 0.717) is 18.1 Å². The van der Waals surface area contributed by atoms with Gasteiger partial charge in [-0.3, -0.25) is 15.2 Å². The Morgan fingerprint density at radius 3 is 2.53 bits per heavy atom. The lowest BCUT2D eigenvalue weighted by Crippen LogP contribution is -2.44. The first-order chi connectivity index (χ1) is 22.7. The number of anilines is 2. The van der Waals surface area contributed by atoms with Gasteiger partial charge >= 0.3 is 6.03 Å². The van der Waals surface area contributed by atoms with Gasteiger partial charge in [0, 0.05) is 47.6 Å². The van der Waals surface area contributed by atoms with Crippen LogP contribution in [0.2, 0.25) is 0 Å². The van der Waals surface area contributed by atoms with Gasteiger partial charge in [-0.05, 0) is 49.6 Å². The van der Waals surface area contributed by atoms with Gasteiger partial charge < -0.3 is 14.8 Å². The van der Waals surface area contributed by atoms with Gasteiger partial charge in [0.15, 0.2) is 0 Å². The van der Waals surface area contributed by atoms with Crippen molar-refractivity contribution in [2.45, 2.75) is 52.1 Å². The molecule has 1 saturated heterocycles. The van der Waals surface area contributed by atoms with Crippen molar-refractivity contribution in [2.24, 2.45) is 0 Å². The number of amides is 2. The lowest BCUT2D eigenvalue weighted by atomic mass is 9.92. The highest BCUT2D eigenvalue weighted by Gasteiger charge is 2.23. The SMILES string of the molecule is Cc1ccc(-n2nc(C(C)(C)C)cc2NC(=O)Nc2ccc(OCCN3CCOC(CCc4ccccc4)C3)c3ccccc23)cn1. The van der Waals surface area contributed by atoms with E-state index >= 15 is 0 Å². The second-order valence-corrected chi connectivity index (χ2v) is 13.1. The molecule has 9 heteroatoms. The van der Waals surface area contributed by atoms with E-state index < -0.39 is 0 Å². The molecule has 2 N–H and O–H groups in total. The summed E-state index contributed by atoms with van der Waals surface area (Å²) >= 11 is 0. The second-order valence-electron chi connectivity index (χ2n) is 13.1. The minimum Gasteiger partial charge on any atom is -0.492 e. The van der Waals surface area contributed by atoms with Crippen LogP contribution in [-0.2, 0) is 16.6 Å². The predicted octanol–water partition coefficient (Wildman–Crippen LogP) is 7.38. The van der Waals surface area contributed by atoms with Crippen molar-refractivity contribution in [1.29, 1.82) is 0 Å². The van der Waals surface area contributed by atoms with Crippen LogP contribution in [-0.4, -0.2) is 64.6 Å². The first kappa shape index (κ1) is 32.2. The standard InChI is InChI=1S/C38H44N6O3/c1-27-14-16-29(25-39-27)44-36(24-35(42-44)38(2,3)4)41-37(45)40-33-18-19-34(32-13-9-8-12-31(32)33)47-23-21-43-20-22-46-30(26-43)17-15-28-10-6-5-7-11-28/h5-14,16,18-19,24-25,30H,15,17,20-23,26H2,1-4H3,(H2,40,41,45). The van der Waals surface area contributed by atoms with Crippen LogP contribution in [0.1, 0.15) is 44.1 Å². The number of hydrogen-bond donors (Lipinski definition) is 2. The van der Waals surface area contributed by atoms with E-state index in [0.717, 1.165) is 72.7 Å². The third-order valence-corrected chi connectivity index (χ3v) is 8.48. The number of morpholine rings is 1. The summed E-state index contributed by atoms with van der Waals surface area (Å²) in [7, 11) is 0. The normalized spacial score (nSPS) is 15.4. The first-order valence-electron chi connectivity index (χ1n) is 16.4. The summed E-state index contributed by atoms with van der Waals surface area (Å²) in [4.78, 5) is 20.2. The van der Waals surface area contributed by atoms with Gasteiger partial charge in [-0.2, -0.15) is 5.10 Å². The summed E-state index contributed by atoms with van der Waals surface area (Å²) in [5, 5.41) is 12.7. The molecule has 47 heavy (non-hydrogen) atoms. The van der Waals surface area contributed by atoms with Crippen LogP contribution in [0.15, 0.2) is 91.1 Å². The topological polar surface area (TPSA) is 93.5 Å². The molecule has 3 aromatic carbocycles. The van der Waals surface area contributed by atoms with Gasteiger partial charge in [0.1, 0.15) is 18.2 Å². The number of pyridine rings is 1. The third kappa shape index (κ3) is 8.17. The lowest BCUT2D eigenvalue weighted by molar-refractivity contribution is -0.0344. The van der Waals surface area contributed by atoms with E-state index in [-0.39, 0.29) is 17.6 Å². The van der Waals surface area contributed by atoms with Crippen LogP contribution in [0, 0.1) is 6.92 Å². The fourth-order valence-corrected chi connectivity index (χ4v) is 5.81. The molecular formula is C38H44N6O3. The molecule has 0 spiro atoms. The van der Waals surface area contributed by atoms with Crippen molar-refractivity contribution in [1.82, 2.24) is 19.7 Å². The van der Waals surface area contributed by atoms with E-state index in [1.54, 1.807) is 10.9 Å². The van der Waals surface area contributed by atoms with Crippen LogP contribution in [0.4, 0.5) is 16.3 Å². The highest BCUT2D eigenvalue weighted by atomic mass is 16.5. The van der Waals surface area contributed by atoms with Gasteiger partial charge in [0.25, 0.3) is 0 Å². The number of aryl methyl sites for hydroxylation is 2. The van der Waals surface area contributed by atoms with E-state index in [2.05, 4.69) is 71.6 Å². The molecule has 1 aliphatic heterocycles. The molecule has 9 nitrogen and oxygen atoms in total. The largest absolute Gasteiger partial charge is 0.492 e. The molecule has 244 valence electrons. The summed E-state index contributed by atoms with van der Waals surface area (Å²) in [6.45, 7) is 12.2. The molecule has 1 fully saturated rings. The maximum absolute atomic E-state index is 13.4. The Morgan fingerprint density at radius 2 is 1.77 bits per heavy atom. The molecule has 0 radical (unpaired) electrons. The maximum Gasteiger partial charge on any atom is 0.324 e. The summed E-state index contributed by atoms with van der Waals surface area (Å²) < 4.78 is 14.1. The lowest BCUT2D eigenvalue weighted by Gasteiger charge is -2.33. The summed E-state index contributed by atoms with van der Waals surface area (Å²) in [6.07, 6.45) is 4.02. The molecular weight excluding hydrogens is 588 g/mol. The fraction of sp³-hybridized carbons (Fsp3) is 0.342. The molecule has 2 amide bonds. The van der Waals surface area contributed by atoms with Gasteiger partial charge in [-0.15, -0.1) is 0 Å². The van der Waals surface area contributed by atoms with Crippen LogP contribution in [0.3, 0.4) is 0 Å². The number of nitrogens with one attached hydrogen (secondary N) is 2. The number of aromatic nitrogens is 3. The Hall–Kier alpha value is -4.73. The predicted molar refractivity (Wildman–Crippen MR) is 188 cm³/mol. The Labute approximate surface area is 276 Å². The molecule has 1 unspecified atom stereocenters. The number of nitrogens with zero attached hydrogens (tertiary/aromatic N) is 4. The van der Waals surface area contributed by atoms with Crippen LogP contribution >= 0.6 is 0 Å². The molecule has 0 bridgehead atoms. The third-order valence-electron chi connectivity index (χ3n) is 8.48. The first-order valence-corrected chi connectivity index (χ1v) is 16.4. The number of ether oxygens (including phenoxy) is 2. The fourth-order valence-electron chi connectivity index (χ4n) is 5.81. The van der Waals surface area contributed by atoms with E-state index in [1.165, 1.54) is 5.56 Å². The number of benzene rings is 3. The number of urea groups is 1. The maximum atomic E-state index is 13.4. The average Bonchev–Trinajstić information content (AvgIpc) is 3.50. The van der Waals surface area contributed by atoms with E-state index in [1.807, 2.05) is 61.5 Å². The number of fused-ring (bicyclic) bond motifs is 1. The molecule has 2 aromatic heterocycles. The Bertz CT molecular complexity index is 1800. The summed E-state index contributed by atoms with van der Waals surface area (Å²) in [5.74, 6) is 1.35. The molecule has 3 heterocycles. The van der Waals surface area contributed by atoms with Crippen LogP contribution in [0.25, 0.3) is 16.5 Å². The number of rotatable bonds is 10. The van der Waals surface area contributed by atoms with Crippen LogP contribution < -0.4 is 15.4 Å². The van der Waals surface area contributed by atoms with Gasteiger partial charge in [-0.1, -0.05) is 75.4 Å². The number of hydrogen-bond acceptors (Lipinski definition) is 6. The van der Waals surface area contributed by atoms with Crippen molar-refractivity contribution < 1.29 is 14.3 Å². The summed E-state index contributed by atoms with van der Waals surface area (Å²) in [5.41, 5.74) is 4.38. The Morgan fingerprint density at radius 1 is 0.979 bits per heavy atom. The van der Waals surface area contributed by atoms with Crippen LogP contribution in [0.5, 0.6) is 5.75 Å².